The molecule has 8 heteroatoms. The third-order valence-corrected chi connectivity index (χ3v) is 6.48. The first-order valence-electron chi connectivity index (χ1n) is 12.0. The molecule has 0 unspecified atom stereocenters. The summed E-state index contributed by atoms with van der Waals surface area (Å²) in [5.74, 6) is 1.93. The molecule has 1 aliphatic heterocycles. The van der Waals surface area contributed by atoms with Gasteiger partial charge in [0.05, 0.1) is 19.7 Å². The summed E-state index contributed by atoms with van der Waals surface area (Å²) in [7, 11) is 3.23. The highest BCUT2D eigenvalue weighted by atomic mass is 16.5. The van der Waals surface area contributed by atoms with Crippen molar-refractivity contribution in [2.24, 2.45) is 5.92 Å². The number of fused-ring (bicyclic) bond motifs is 1. The number of carbonyl (C=O) groups excluding carboxylic acids is 2. The molecule has 35 heavy (non-hydrogen) atoms. The largest absolute Gasteiger partial charge is 0.493 e. The molecule has 0 atom stereocenters. The van der Waals surface area contributed by atoms with Gasteiger partial charge in [0.25, 0.3) is 0 Å². The number of anilines is 1. The van der Waals surface area contributed by atoms with Gasteiger partial charge in [0.15, 0.2) is 11.5 Å². The van der Waals surface area contributed by atoms with Crippen molar-refractivity contribution in [2.45, 2.75) is 26.2 Å². The van der Waals surface area contributed by atoms with Crippen LogP contribution in [0.1, 0.15) is 26.2 Å². The van der Waals surface area contributed by atoms with Crippen LogP contribution in [0, 0.1) is 5.92 Å². The normalized spacial score (nSPS) is 14.0. The highest BCUT2D eigenvalue weighted by Gasteiger charge is 2.22. The van der Waals surface area contributed by atoms with Gasteiger partial charge in [-0.1, -0.05) is 19.1 Å². The number of aromatic nitrogens is 1. The van der Waals surface area contributed by atoms with Gasteiger partial charge in [-0.2, -0.15) is 0 Å². The van der Waals surface area contributed by atoms with Gasteiger partial charge in [0.1, 0.15) is 0 Å². The zero-order chi connectivity index (χ0) is 24.8. The number of nitrogens with one attached hydrogen (secondary N) is 2. The molecule has 2 heterocycles. The lowest BCUT2D eigenvalue weighted by Gasteiger charge is -2.31. The maximum atomic E-state index is 12.4. The molecule has 2 N–H and O–H groups in total. The number of pyridine rings is 1. The van der Waals surface area contributed by atoms with Crippen molar-refractivity contribution >= 4 is 28.5 Å². The fraction of sp³-hybridized carbons (Fsp3) is 0.370. The summed E-state index contributed by atoms with van der Waals surface area (Å²) in [4.78, 5) is 30.7. The molecule has 1 aliphatic rings. The number of likely N-dealkylation sites (tertiary alicyclic amines) is 1. The fourth-order valence-corrected chi connectivity index (χ4v) is 4.40. The second-order valence-corrected chi connectivity index (χ2v) is 8.71. The Labute approximate surface area is 205 Å². The number of urea groups is 1. The minimum absolute atomic E-state index is 0.204. The van der Waals surface area contributed by atoms with E-state index in [-0.39, 0.29) is 11.9 Å². The van der Waals surface area contributed by atoms with Crippen LogP contribution >= 0.6 is 0 Å². The number of carbonyl (C=O) groups is 2. The van der Waals surface area contributed by atoms with E-state index in [9.17, 15) is 9.59 Å². The first-order chi connectivity index (χ1) is 17.0. The van der Waals surface area contributed by atoms with Gasteiger partial charge in [0.2, 0.25) is 5.91 Å². The van der Waals surface area contributed by atoms with E-state index in [4.69, 9.17) is 9.47 Å². The fourth-order valence-electron chi connectivity index (χ4n) is 4.40. The van der Waals surface area contributed by atoms with Crippen LogP contribution < -0.4 is 20.1 Å². The van der Waals surface area contributed by atoms with E-state index in [0.29, 0.717) is 36.1 Å². The Hall–Kier alpha value is -3.81. The lowest BCUT2D eigenvalue weighted by atomic mass is 9.96. The molecular weight excluding hydrogens is 444 g/mol. The van der Waals surface area contributed by atoms with E-state index in [2.05, 4.69) is 21.7 Å². The summed E-state index contributed by atoms with van der Waals surface area (Å²) in [6.45, 7) is 4.02. The Morgan fingerprint density at radius 2 is 1.77 bits per heavy atom. The number of methoxy groups -OCH3 is 2. The van der Waals surface area contributed by atoms with Crippen molar-refractivity contribution in [1.82, 2.24) is 15.2 Å². The SMILES string of the molecule is CCC(=O)N1CCC(CNC(=O)Nc2ccc3cc(-c4ccc(OC)c(OC)c4)cnc3c2)CC1. The molecule has 1 aromatic heterocycles. The Balaban J connectivity index is 1.35. The summed E-state index contributed by atoms with van der Waals surface area (Å²) in [5.41, 5.74) is 3.41. The number of hydrogen-bond acceptors (Lipinski definition) is 5. The van der Waals surface area contributed by atoms with E-state index in [1.54, 1.807) is 14.2 Å². The lowest BCUT2D eigenvalue weighted by molar-refractivity contribution is -0.132. The number of amides is 3. The second kappa shape index (κ2) is 11.1. The number of piperidine rings is 1. The zero-order valence-corrected chi connectivity index (χ0v) is 20.5. The Morgan fingerprint density at radius 1 is 1.00 bits per heavy atom. The Kier molecular flexibility index (Phi) is 7.70. The molecular formula is C27H32N4O4. The Morgan fingerprint density at radius 3 is 2.49 bits per heavy atom. The number of ether oxygens (including phenoxy) is 2. The van der Waals surface area contributed by atoms with E-state index in [1.807, 2.05) is 54.4 Å². The summed E-state index contributed by atoms with van der Waals surface area (Å²) in [6, 6.07) is 13.3. The molecule has 2 aromatic carbocycles. The first-order valence-corrected chi connectivity index (χ1v) is 12.0. The second-order valence-electron chi connectivity index (χ2n) is 8.71. The van der Waals surface area contributed by atoms with Crippen molar-refractivity contribution in [3.63, 3.8) is 0 Å². The number of benzene rings is 2. The summed E-state index contributed by atoms with van der Waals surface area (Å²) in [6.07, 6.45) is 4.18. The Bertz CT molecular complexity index is 1210. The lowest BCUT2D eigenvalue weighted by Crippen LogP contribution is -2.42. The molecule has 0 radical (unpaired) electrons. The quantitative estimate of drug-likeness (QED) is 0.516. The maximum absolute atomic E-state index is 12.4. The minimum atomic E-state index is -0.238. The average Bonchev–Trinajstić information content (AvgIpc) is 2.91. The molecule has 8 nitrogen and oxygen atoms in total. The molecule has 0 aliphatic carbocycles. The molecule has 0 bridgehead atoms. The first kappa shape index (κ1) is 24.3. The summed E-state index contributed by atoms with van der Waals surface area (Å²) in [5, 5.41) is 6.83. The van der Waals surface area contributed by atoms with Crippen molar-refractivity contribution in [3.8, 4) is 22.6 Å². The molecule has 0 saturated carbocycles. The molecule has 1 fully saturated rings. The molecule has 3 amide bonds. The van der Waals surface area contributed by atoms with Gasteiger partial charge in [-0.25, -0.2) is 4.79 Å². The van der Waals surface area contributed by atoms with E-state index in [0.717, 1.165) is 48.0 Å². The molecule has 1 saturated heterocycles. The molecule has 0 spiro atoms. The topological polar surface area (TPSA) is 92.8 Å². The van der Waals surface area contributed by atoms with Gasteiger partial charge in [-0.05, 0) is 54.7 Å². The van der Waals surface area contributed by atoms with E-state index in [1.165, 1.54) is 0 Å². The van der Waals surface area contributed by atoms with Crippen LogP contribution in [0.15, 0.2) is 48.7 Å². The maximum Gasteiger partial charge on any atom is 0.319 e. The van der Waals surface area contributed by atoms with Gasteiger partial charge >= 0.3 is 6.03 Å². The van der Waals surface area contributed by atoms with Crippen LogP contribution in [0.25, 0.3) is 22.0 Å². The number of rotatable bonds is 7. The highest BCUT2D eigenvalue weighted by molar-refractivity contribution is 5.93. The van der Waals surface area contributed by atoms with Crippen molar-refractivity contribution in [1.29, 1.82) is 0 Å². The third-order valence-electron chi connectivity index (χ3n) is 6.48. The monoisotopic (exact) mass is 476 g/mol. The molecule has 4 rings (SSSR count). The average molecular weight is 477 g/mol. The van der Waals surface area contributed by atoms with Crippen LogP contribution in [0.3, 0.4) is 0 Å². The van der Waals surface area contributed by atoms with Gasteiger partial charge in [-0.15, -0.1) is 0 Å². The molecule has 3 aromatic rings. The smallest absolute Gasteiger partial charge is 0.319 e. The van der Waals surface area contributed by atoms with Crippen LogP contribution in [0.4, 0.5) is 10.5 Å². The van der Waals surface area contributed by atoms with Crippen LogP contribution in [-0.2, 0) is 4.79 Å². The van der Waals surface area contributed by atoms with Crippen molar-refractivity contribution < 1.29 is 19.1 Å². The van der Waals surface area contributed by atoms with Gasteiger partial charge < -0.3 is 25.0 Å². The zero-order valence-electron chi connectivity index (χ0n) is 20.5. The van der Waals surface area contributed by atoms with Crippen LogP contribution in [-0.4, -0.2) is 55.7 Å². The van der Waals surface area contributed by atoms with E-state index < -0.39 is 0 Å². The predicted molar refractivity (Wildman–Crippen MR) is 137 cm³/mol. The summed E-state index contributed by atoms with van der Waals surface area (Å²) < 4.78 is 10.7. The third kappa shape index (κ3) is 5.82. The highest BCUT2D eigenvalue weighted by Crippen LogP contribution is 2.33. The van der Waals surface area contributed by atoms with Crippen LogP contribution in [0.5, 0.6) is 11.5 Å². The summed E-state index contributed by atoms with van der Waals surface area (Å²) >= 11 is 0. The minimum Gasteiger partial charge on any atom is -0.493 e. The van der Waals surface area contributed by atoms with Crippen molar-refractivity contribution in [2.75, 3.05) is 39.2 Å². The van der Waals surface area contributed by atoms with Gasteiger partial charge in [-0.3, -0.25) is 9.78 Å². The van der Waals surface area contributed by atoms with Gasteiger partial charge in [0, 0.05) is 48.9 Å². The van der Waals surface area contributed by atoms with Crippen LogP contribution in [0.2, 0.25) is 0 Å². The standard InChI is InChI=1S/C27H32N4O4/c1-4-26(32)31-11-9-18(10-12-31)16-29-27(33)30-22-7-5-20-13-21(17-28-23(20)15-22)19-6-8-24(34-2)25(14-19)35-3/h5-8,13-15,17-18H,4,9-12,16H2,1-3H3,(H2,29,30,33). The molecule has 184 valence electrons. The van der Waals surface area contributed by atoms with E-state index >= 15 is 0 Å². The number of nitrogens with zero attached hydrogens (tertiary/aromatic N) is 2. The van der Waals surface area contributed by atoms with Crippen molar-refractivity contribution in [3.05, 3.63) is 48.7 Å². The number of hydrogen-bond donors (Lipinski definition) is 2. The predicted octanol–water partition coefficient (Wildman–Crippen LogP) is 4.69.